The van der Waals surface area contributed by atoms with Crippen molar-refractivity contribution in [3.63, 3.8) is 0 Å². The monoisotopic (exact) mass is 300 g/mol. The van der Waals surface area contributed by atoms with Gasteiger partial charge in [0.25, 0.3) is 0 Å². The zero-order valence-corrected chi connectivity index (χ0v) is 13.7. The molecular formula is C18H24N2O2. The second-order valence-electron chi connectivity index (χ2n) is 6.23. The van der Waals surface area contributed by atoms with Crippen molar-refractivity contribution >= 4 is 11.0 Å². The van der Waals surface area contributed by atoms with Gasteiger partial charge in [-0.15, -0.1) is 0 Å². The van der Waals surface area contributed by atoms with Crippen LogP contribution in [0.15, 0.2) is 27.4 Å². The van der Waals surface area contributed by atoms with Gasteiger partial charge in [-0.05, 0) is 49.2 Å². The molecule has 2 heterocycles. The summed E-state index contributed by atoms with van der Waals surface area (Å²) in [6.07, 6.45) is 0. The highest BCUT2D eigenvalue weighted by molar-refractivity contribution is 5.81. The van der Waals surface area contributed by atoms with Gasteiger partial charge in [-0.3, -0.25) is 4.90 Å². The number of piperazine rings is 1. The fraction of sp³-hybridized carbons (Fsp3) is 0.500. The molecule has 0 atom stereocenters. The van der Waals surface area contributed by atoms with E-state index in [0.717, 1.165) is 55.8 Å². The van der Waals surface area contributed by atoms with Crippen molar-refractivity contribution in [2.45, 2.75) is 27.3 Å². The molecule has 2 aromatic rings. The first-order chi connectivity index (χ1) is 10.6. The van der Waals surface area contributed by atoms with Crippen LogP contribution < -0.4 is 5.63 Å². The number of fused-ring (bicyclic) bond motifs is 1. The Balaban J connectivity index is 1.90. The number of nitrogens with zero attached hydrogens (tertiary/aromatic N) is 2. The predicted molar refractivity (Wildman–Crippen MR) is 89.3 cm³/mol. The van der Waals surface area contributed by atoms with Gasteiger partial charge in [-0.2, -0.15) is 0 Å². The first kappa shape index (κ1) is 15.3. The third-order valence-corrected chi connectivity index (χ3v) is 4.75. The van der Waals surface area contributed by atoms with E-state index in [-0.39, 0.29) is 5.63 Å². The minimum absolute atomic E-state index is 0.252. The van der Waals surface area contributed by atoms with Crippen LogP contribution in [0.4, 0.5) is 0 Å². The second-order valence-corrected chi connectivity index (χ2v) is 6.23. The lowest BCUT2D eigenvalue weighted by Gasteiger charge is -2.34. The quantitative estimate of drug-likeness (QED) is 0.816. The Bertz CT molecular complexity index is 728. The molecular weight excluding hydrogens is 276 g/mol. The second kappa shape index (κ2) is 6.23. The van der Waals surface area contributed by atoms with Gasteiger partial charge in [-0.25, -0.2) is 4.79 Å². The van der Waals surface area contributed by atoms with Gasteiger partial charge in [0.1, 0.15) is 5.58 Å². The molecule has 0 aliphatic carbocycles. The number of hydrogen-bond donors (Lipinski definition) is 0. The van der Waals surface area contributed by atoms with Crippen molar-refractivity contribution in [1.82, 2.24) is 9.80 Å². The number of hydrogen-bond acceptors (Lipinski definition) is 4. The summed E-state index contributed by atoms with van der Waals surface area (Å²) in [5, 5.41) is 1.07. The first-order valence-electron chi connectivity index (χ1n) is 8.05. The number of benzene rings is 1. The molecule has 1 saturated heterocycles. The molecule has 0 saturated carbocycles. The fourth-order valence-corrected chi connectivity index (χ4v) is 3.12. The maximum atomic E-state index is 11.8. The van der Waals surface area contributed by atoms with E-state index >= 15 is 0 Å². The molecule has 1 aromatic heterocycles. The van der Waals surface area contributed by atoms with Gasteiger partial charge in [0.05, 0.1) is 0 Å². The molecule has 0 radical (unpaired) electrons. The summed E-state index contributed by atoms with van der Waals surface area (Å²) in [7, 11) is 0. The molecule has 1 aromatic carbocycles. The van der Waals surface area contributed by atoms with Crippen LogP contribution in [0.25, 0.3) is 11.0 Å². The predicted octanol–water partition coefficient (Wildman–Crippen LogP) is 2.55. The van der Waals surface area contributed by atoms with E-state index in [1.54, 1.807) is 6.07 Å². The molecule has 0 unspecified atom stereocenters. The van der Waals surface area contributed by atoms with Crippen LogP contribution in [0.2, 0.25) is 0 Å². The van der Waals surface area contributed by atoms with E-state index in [2.05, 4.69) is 29.7 Å². The van der Waals surface area contributed by atoms with Crippen LogP contribution in [-0.4, -0.2) is 42.5 Å². The smallest absolute Gasteiger partial charge is 0.336 e. The first-order valence-corrected chi connectivity index (χ1v) is 8.05. The van der Waals surface area contributed by atoms with Crippen LogP contribution >= 0.6 is 0 Å². The van der Waals surface area contributed by atoms with Crippen LogP contribution in [0.1, 0.15) is 23.6 Å². The van der Waals surface area contributed by atoms with Crippen molar-refractivity contribution in [2.75, 3.05) is 32.7 Å². The largest absolute Gasteiger partial charge is 0.423 e. The van der Waals surface area contributed by atoms with Gasteiger partial charge in [0.2, 0.25) is 0 Å². The molecule has 4 heteroatoms. The fourth-order valence-electron chi connectivity index (χ4n) is 3.12. The Morgan fingerprint density at radius 1 is 1.00 bits per heavy atom. The molecule has 1 fully saturated rings. The number of likely N-dealkylation sites (N-methyl/N-ethyl adjacent to an activating group) is 1. The SMILES string of the molecule is CCN1CCN(Cc2cc(=O)oc3cc(C)c(C)cc23)CC1. The van der Waals surface area contributed by atoms with E-state index in [1.165, 1.54) is 5.56 Å². The Morgan fingerprint density at radius 3 is 2.32 bits per heavy atom. The molecule has 22 heavy (non-hydrogen) atoms. The maximum Gasteiger partial charge on any atom is 0.336 e. The van der Waals surface area contributed by atoms with Crippen molar-refractivity contribution in [1.29, 1.82) is 0 Å². The van der Waals surface area contributed by atoms with E-state index in [4.69, 9.17) is 4.42 Å². The Hall–Kier alpha value is -1.65. The third kappa shape index (κ3) is 3.08. The van der Waals surface area contributed by atoms with Gasteiger partial charge in [0.15, 0.2) is 0 Å². The van der Waals surface area contributed by atoms with Crippen LogP contribution in [0.5, 0.6) is 0 Å². The van der Waals surface area contributed by atoms with Crippen LogP contribution in [-0.2, 0) is 6.54 Å². The highest BCUT2D eigenvalue weighted by Crippen LogP contribution is 2.23. The minimum atomic E-state index is -0.252. The van der Waals surface area contributed by atoms with E-state index in [9.17, 15) is 4.79 Å². The molecule has 3 rings (SSSR count). The van der Waals surface area contributed by atoms with Crippen LogP contribution in [0.3, 0.4) is 0 Å². The summed E-state index contributed by atoms with van der Waals surface area (Å²) < 4.78 is 5.38. The lowest BCUT2D eigenvalue weighted by molar-refractivity contribution is 0.132. The highest BCUT2D eigenvalue weighted by atomic mass is 16.4. The molecule has 0 bridgehead atoms. The van der Waals surface area contributed by atoms with E-state index in [0.29, 0.717) is 5.58 Å². The van der Waals surface area contributed by atoms with Crippen molar-refractivity contribution in [2.24, 2.45) is 0 Å². The van der Waals surface area contributed by atoms with E-state index in [1.807, 2.05) is 13.0 Å². The Kier molecular flexibility index (Phi) is 4.32. The summed E-state index contributed by atoms with van der Waals surface area (Å²) >= 11 is 0. The van der Waals surface area contributed by atoms with E-state index < -0.39 is 0 Å². The number of rotatable bonds is 3. The van der Waals surface area contributed by atoms with Gasteiger partial charge >= 0.3 is 5.63 Å². The summed E-state index contributed by atoms with van der Waals surface area (Å²) in [5.74, 6) is 0. The molecule has 0 amide bonds. The van der Waals surface area contributed by atoms with Gasteiger partial charge in [-0.1, -0.05) is 6.92 Å². The highest BCUT2D eigenvalue weighted by Gasteiger charge is 2.17. The summed E-state index contributed by atoms with van der Waals surface area (Å²) in [4.78, 5) is 16.7. The van der Waals surface area contributed by atoms with Crippen molar-refractivity contribution in [3.8, 4) is 0 Å². The Morgan fingerprint density at radius 2 is 1.64 bits per heavy atom. The maximum absolute atomic E-state index is 11.8. The summed E-state index contributed by atoms with van der Waals surface area (Å²) in [5.41, 5.74) is 3.93. The molecule has 0 spiro atoms. The average Bonchev–Trinajstić information content (AvgIpc) is 2.50. The Labute approximate surface area is 131 Å². The minimum Gasteiger partial charge on any atom is -0.423 e. The number of aryl methyl sites for hydroxylation is 2. The summed E-state index contributed by atoms with van der Waals surface area (Å²) in [6.45, 7) is 12.6. The summed E-state index contributed by atoms with van der Waals surface area (Å²) in [6, 6.07) is 5.78. The lowest BCUT2D eigenvalue weighted by atomic mass is 10.0. The van der Waals surface area contributed by atoms with Gasteiger partial charge < -0.3 is 9.32 Å². The normalized spacial score (nSPS) is 17.2. The topological polar surface area (TPSA) is 36.7 Å². The average molecular weight is 300 g/mol. The molecule has 0 N–H and O–H groups in total. The molecule has 1 aliphatic rings. The lowest BCUT2D eigenvalue weighted by Crippen LogP contribution is -2.45. The molecule has 4 nitrogen and oxygen atoms in total. The van der Waals surface area contributed by atoms with Crippen LogP contribution in [0, 0.1) is 13.8 Å². The zero-order chi connectivity index (χ0) is 15.7. The van der Waals surface area contributed by atoms with Crippen molar-refractivity contribution < 1.29 is 4.42 Å². The van der Waals surface area contributed by atoms with Crippen molar-refractivity contribution in [3.05, 3.63) is 45.3 Å². The third-order valence-electron chi connectivity index (χ3n) is 4.75. The molecule has 118 valence electrons. The molecule has 1 aliphatic heterocycles. The zero-order valence-electron chi connectivity index (χ0n) is 13.7. The standard InChI is InChI=1S/C18H24N2O2/c1-4-19-5-7-20(8-6-19)12-15-11-18(21)22-17-10-14(3)13(2)9-16(15)17/h9-11H,4-8,12H2,1-3H3. The van der Waals surface area contributed by atoms with Gasteiger partial charge in [0, 0.05) is 44.2 Å².